The molecule has 2 unspecified atom stereocenters. The molecule has 0 aliphatic carbocycles. The number of nitrogens with zero attached hydrogens (tertiary/aromatic N) is 1. The number of rotatable bonds is 6. The van der Waals surface area contributed by atoms with Crippen molar-refractivity contribution in [1.29, 1.82) is 0 Å². The van der Waals surface area contributed by atoms with Crippen LogP contribution in [0.15, 0.2) is 24.3 Å². The van der Waals surface area contributed by atoms with Crippen LogP contribution in [0.4, 0.5) is 5.69 Å². The second-order valence-electron chi connectivity index (χ2n) is 4.94. The summed E-state index contributed by atoms with van der Waals surface area (Å²) in [6.07, 6.45) is 1.24. The lowest BCUT2D eigenvalue weighted by Gasteiger charge is -2.30. The molecule has 0 aliphatic heterocycles. The van der Waals surface area contributed by atoms with E-state index in [1.165, 1.54) is 18.5 Å². The number of anilines is 1. The van der Waals surface area contributed by atoms with Gasteiger partial charge in [0.1, 0.15) is 0 Å². The van der Waals surface area contributed by atoms with E-state index in [-0.39, 0.29) is 0 Å². The molecule has 2 nitrogen and oxygen atoms in total. The van der Waals surface area contributed by atoms with Gasteiger partial charge >= 0.3 is 0 Å². The molecule has 96 valence electrons. The van der Waals surface area contributed by atoms with Crippen LogP contribution in [0, 0.1) is 5.92 Å². The van der Waals surface area contributed by atoms with Crippen LogP contribution in [0.5, 0.6) is 0 Å². The Hall–Kier alpha value is -1.02. The van der Waals surface area contributed by atoms with Gasteiger partial charge in [-0.2, -0.15) is 0 Å². The topological polar surface area (TPSA) is 29.3 Å². The largest absolute Gasteiger partial charge is 0.399 e. The van der Waals surface area contributed by atoms with Gasteiger partial charge in [-0.1, -0.05) is 39.3 Å². The number of benzene rings is 1. The Kier molecular flexibility index (Phi) is 5.49. The summed E-state index contributed by atoms with van der Waals surface area (Å²) in [4.78, 5) is 2.53. The maximum atomic E-state index is 5.72. The molecule has 17 heavy (non-hydrogen) atoms. The van der Waals surface area contributed by atoms with E-state index in [9.17, 15) is 0 Å². The molecule has 0 saturated heterocycles. The second-order valence-corrected chi connectivity index (χ2v) is 4.94. The first kappa shape index (κ1) is 14.0. The molecule has 0 spiro atoms. The summed E-state index contributed by atoms with van der Waals surface area (Å²) >= 11 is 0. The molecule has 1 aromatic carbocycles. The van der Waals surface area contributed by atoms with Crippen molar-refractivity contribution in [2.75, 3.05) is 18.8 Å². The Morgan fingerprint density at radius 1 is 1.12 bits per heavy atom. The van der Waals surface area contributed by atoms with Crippen LogP contribution < -0.4 is 5.73 Å². The monoisotopic (exact) mass is 234 g/mol. The lowest BCUT2D eigenvalue weighted by molar-refractivity contribution is 0.190. The number of nitrogens with two attached hydrogens (primary N) is 1. The highest BCUT2D eigenvalue weighted by Crippen LogP contribution is 2.22. The third-order valence-corrected chi connectivity index (χ3v) is 3.62. The van der Waals surface area contributed by atoms with Gasteiger partial charge in [-0.25, -0.2) is 0 Å². The molecule has 0 bridgehead atoms. The maximum absolute atomic E-state index is 5.72. The van der Waals surface area contributed by atoms with Crippen molar-refractivity contribution in [3.05, 3.63) is 29.8 Å². The fourth-order valence-corrected chi connectivity index (χ4v) is 2.08. The molecular weight excluding hydrogens is 208 g/mol. The molecule has 0 aromatic heterocycles. The van der Waals surface area contributed by atoms with E-state index in [2.05, 4.69) is 44.7 Å². The van der Waals surface area contributed by atoms with Crippen molar-refractivity contribution >= 4 is 5.69 Å². The third-order valence-electron chi connectivity index (χ3n) is 3.62. The quantitative estimate of drug-likeness (QED) is 0.760. The average Bonchev–Trinajstić information content (AvgIpc) is 2.35. The first-order valence-electron chi connectivity index (χ1n) is 6.67. The predicted molar refractivity (Wildman–Crippen MR) is 76.0 cm³/mol. The smallest absolute Gasteiger partial charge is 0.0319 e. The molecule has 0 fully saturated rings. The van der Waals surface area contributed by atoms with Crippen LogP contribution in [0.1, 0.15) is 45.7 Å². The van der Waals surface area contributed by atoms with Crippen LogP contribution in [0.3, 0.4) is 0 Å². The van der Waals surface area contributed by atoms with Gasteiger partial charge < -0.3 is 5.73 Å². The highest BCUT2D eigenvalue weighted by molar-refractivity contribution is 5.40. The van der Waals surface area contributed by atoms with Crippen molar-refractivity contribution < 1.29 is 0 Å². The molecule has 0 aliphatic rings. The van der Waals surface area contributed by atoms with E-state index in [1.807, 2.05) is 12.1 Å². The van der Waals surface area contributed by atoms with Gasteiger partial charge in [-0.3, -0.25) is 4.90 Å². The summed E-state index contributed by atoms with van der Waals surface area (Å²) in [5.41, 5.74) is 7.91. The molecule has 0 heterocycles. The van der Waals surface area contributed by atoms with Gasteiger partial charge in [-0.15, -0.1) is 0 Å². The number of hydrogen-bond acceptors (Lipinski definition) is 2. The average molecular weight is 234 g/mol. The van der Waals surface area contributed by atoms with Gasteiger partial charge in [0, 0.05) is 18.3 Å². The van der Waals surface area contributed by atoms with E-state index in [0.29, 0.717) is 6.04 Å². The third kappa shape index (κ3) is 4.04. The van der Waals surface area contributed by atoms with Crippen LogP contribution >= 0.6 is 0 Å². The minimum Gasteiger partial charge on any atom is -0.399 e. The van der Waals surface area contributed by atoms with Gasteiger partial charge in [0.2, 0.25) is 0 Å². The molecule has 1 rings (SSSR count). The zero-order valence-electron chi connectivity index (χ0n) is 11.6. The normalized spacial score (nSPS) is 14.9. The van der Waals surface area contributed by atoms with Gasteiger partial charge in [0.05, 0.1) is 0 Å². The standard InChI is InChI=1S/C15H26N2/c1-5-12(3)11-17(6-2)13(4)14-7-9-15(16)10-8-14/h7-10,12-13H,5-6,11,16H2,1-4H3. The van der Waals surface area contributed by atoms with E-state index in [0.717, 1.165) is 18.2 Å². The van der Waals surface area contributed by atoms with E-state index < -0.39 is 0 Å². The van der Waals surface area contributed by atoms with Crippen LogP contribution in [0.25, 0.3) is 0 Å². The Bertz CT molecular complexity index is 318. The highest BCUT2D eigenvalue weighted by atomic mass is 15.1. The van der Waals surface area contributed by atoms with Crippen LogP contribution in [-0.2, 0) is 0 Å². The van der Waals surface area contributed by atoms with Crippen LogP contribution in [-0.4, -0.2) is 18.0 Å². The van der Waals surface area contributed by atoms with Crippen LogP contribution in [0.2, 0.25) is 0 Å². The highest BCUT2D eigenvalue weighted by Gasteiger charge is 2.15. The molecular formula is C15H26N2. The first-order chi connectivity index (χ1) is 8.08. The molecule has 0 radical (unpaired) electrons. The summed E-state index contributed by atoms with van der Waals surface area (Å²) in [6.45, 7) is 11.3. The molecule has 1 aromatic rings. The number of hydrogen-bond donors (Lipinski definition) is 1. The molecule has 0 amide bonds. The Balaban J connectivity index is 2.71. The lowest BCUT2D eigenvalue weighted by atomic mass is 10.0. The fourth-order valence-electron chi connectivity index (χ4n) is 2.08. The second kappa shape index (κ2) is 6.65. The summed E-state index contributed by atoms with van der Waals surface area (Å²) < 4.78 is 0. The molecule has 2 N–H and O–H groups in total. The van der Waals surface area contributed by atoms with Crippen molar-refractivity contribution in [3.63, 3.8) is 0 Å². The zero-order valence-corrected chi connectivity index (χ0v) is 11.6. The van der Waals surface area contributed by atoms with E-state index in [4.69, 9.17) is 5.73 Å². The molecule has 0 saturated carbocycles. The molecule has 2 heteroatoms. The van der Waals surface area contributed by atoms with Gasteiger partial charge in [-0.05, 0) is 37.1 Å². The van der Waals surface area contributed by atoms with Crippen molar-refractivity contribution in [2.45, 2.75) is 40.2 Å². The van der Waals surface area contributed by atoms with E-state index in [1.54, 1.807) is 0 Å². The predicted octanol–water partition coefficient (Wildman–Crippen LogP) is 3.70. The van der Waals surface area contributed by atoms with Gasteiger partial charge in [0.25, 0.3) is 0 Å². The van der Waals surface area contributed by atoms with Crippen molar-refractivity contribution in [2.24, 2.45) is 5.92 Å². The summed E-state index contributed by atoms with van der Waals surface area (Å²) in [5, 5.41) is 0. The number of nitrogen functional groups attached to an aromatic ring is 1. The SMILES string of the molecule is CCC(C)CN(CC)C(C)c1ccc(N)cc1. The maximum Gasteiger partial charge on any atom is 0.0319 e. The van der Waals surface area contributed by atoms with Crippen molar-refractivity contribution in [3.8, 4) is 0 Å². The first-order valence-corrected chi connectivity index (χ1v) is 6.67. The van der Waals surface area contributed by atoms with Gasteiger partial charge in [0.15, 0.2) is 0 Å². The minimum absolute atomic E-state index is 0.467. The molecule has 2 atom stereocenters. The Morgan fingerprint density at radius 2 is 1.71 bits per heavy atom. The Morgan fingerprint density at radius 3 is 2.18 bits per heavy atom. The van der Waals surface area contributed by atoms with E-state index >= 15 is 0 Å². The Labute approximate surface area is 106 Å². The fraction of sp³-hybridized carbons (Fsp3) is 0.600. The minimum atomic E-state index is 0.467. The summed E-state index contributed by atoms with van der Waals surface area (Å²) in [7, 11) is 0. The summed E-state index contributed by atoms with van der Waals surface area (Å²) in [5.74, 6) is 0.756. The summed E-state index contributed by atoms with van der Waals surface area (Å²) in [6, 6.07) is 8.72. The lowest BCUT2D eigenvalue weighted by Crippen LogP contribution is -2.31. The zero-order chi connectivity index (χ0) is 12.8. The van der Waals surface area contributed by atoms with Crippen molar-refractivity contribution in [1.82, 2.24) is 4.90 Å².